The van der Waals surface area contributed by atoms with Gasteiger partial charge in [-0.05, 0) is 26.0 Å². The number of benzene rings is 1. The molecule has 0 saturated carbocycles. The molecule has 0 aliphatic carbocycles. The van der Waals surface area contributed by atoms with E-state index in [1.54, 1.807) is 17.4 Å². The molecule has 1 aromatic heterocycles. The maximum atomic E-state index is 6.00. The van der Waals surface area contributed by atoms with Crippen molar-refractivity contribution in [1.29, 1.82) is 0 Å². The van der Waals surface area contributed by atoms with Gasteiger partial charge in [-0.25, -0.2) is 4.98 Å². The van der Waals surface area contributed by atoms with Crippen LogP contribution < -0.4 is 5.73 Å². The minimum Gasteiger partial charge on any atom is -0.321 e. The van der Waals surface area contributed by atoms with Crippen LogP contribution in [0.3, 0.4) is 0 Å². The summed E-state index contributed by atoms with van der Waals surface area (Å²) in [6.07, 6.45) is 0. The van der Waals surface area contributed by atoms with Crippen molar-refractivity contribution in [2.45, 2.75) is 19.4 Å². The SMILES string of the molecule is CC(C)(N)c1csc(-c2ccc(Cl)c(Cl)c2)n1. The van der Waals surface area contributed by atoms with Gasteiger partial charge in [0.25, 0.3) is 0 Å². The van der Waals surface area contributed by atoms with Gasteiger partial charge in [-0.15, -0.1) is 11.3 Å². The highest BCUT2D eigenvalue weighted by molar-refractivity contribution is 7.13. The molecule has 17 heavy (non-hydrogen) atoms. The molecule has 1 heterocycles. The van der Waals surface area contributed by atoms with Gasteiger partial charge in [0.05, 0.1) is 21.3 Å². The summed E-state index contributed by atoms with van der Waals surface area (Å²) >= 11 is 13.4. The van der Waals surface area contributed by atoms with Crippen LogP contribution in [-0.4, -0.2) is 4.98 Å². The number of nitrogens with two attached hydrogens (primary N) is 1. The molecule has 0 amide bonds. The van der Waals surface area contributed by atoms with Gasteiger partial charge in [-0.3, -0.25) is 0 Å². The first-order chi connectivity index (χ1) is 7.88. The zero-order chi connectivity index (χ0) is 12.6. The molecule has 2 N–H and O–H groups in total. The maximum Gasteiger partial charge on any atom is 0.123 e. The monoisotopic (exact) mass is 286 g/mol. The standard InChI is InChI=1S/C12H12Cl2N2S/c1-12(2,15)10-6-17-11(16-10)7-3-4-8(13)9(14)5-7/h3-6H,15H2,1-2H3. The second-order valence-corrected chi connectivity index (χ2v) is 6.06. The lowest BCUT2D eigenvalue weighted by Gasteiger charge is -2.14. The van der Waals surface area contributed by atoms with Crippen molar-refractivity contribution in [3.63, 3.8) is 0 Å². The van der Waals surface area contributed by atoms with Crippen LogP contribution in [0.25, 0.3) is 10.6 Å². The molecule has 0 bridgehead atoms. The average Bonchev–Trinajstić information content (AvgIpc) is 2.70. The Morgan fingerprint density at radius 2 is 1.94 bits per heavy atom. The summed E-state index contributed by atoms with van der Waals surface area (Å²) in [4.78, 5) is 4.51. The quantitative estimate of drug-likeness (QED) is 0.893. The van der Waals surface area contributed by atoms with Crippen LogP contribution in [-0.2, 0) is 5.54 Å². The lowest BCUT2D eigenvalue weighted by molar-refractivity contribution is 0.539. The number of rotatable bonds is 2. The summed E-state index contributed by atoms with van der Waals surface area (Å²) in [5, 5.41) is 3.95. The van der Waals surface area contributed by atoms with Crippen molar-refractivity contribution in [2.24, 2.45) is 5.73 Å². The molecule has 2 nitrogen and oxygen atoms in total. The van der Waals surface area contributed by atoms with E-state index in [9.17, 15) is 0 Å². The van der Waals surface area contributed by atoms with E-state index < -0.39 is 5.54 Å². The molecule has 1 aromatic carbocycles. The first-order valence-corrected chi connectivity index (χ1v) is 6.72. The molecule has 90 valence electrons. The molecule has 0 fully saturated rings. The van der Waals surface area contributed by atoms with Crippen molar-refractivity contribution < 1.29 is 0 Å². The van der Waals surface area contributed by atoms with E-state index in [0.717, 1.165) is 16.3 Å². The first kappa shape index (κ1) is 12.8. The van der Waals surface area contributed by atoms with Crippen molar-refractivity contribution in [3.05, 3.63) is 39.3 Å². The minimum absolute atomic E-state index is 0.426. The molecule has 0 aliphatic rings. The summed E-state index contributed by atoms with van der Waals surface area (Å²) < 4.78 is 0. The van der Waals surface area contributed by atoms with E-state index in [2.05, 4.69) is 4.98 Å². The van der Waals surface area contributed by atoms with Gasteiger partial charge >= 0.3 is 0 Å². The average molecular weight is 287 g/mol. The summed E-state index contributed by atoms with van der Waals surface area (Å²) in [6, 6.07) is 5.49. The van der Waals surface area contributed by atoms with Gasteiger partial charge < -0.3 is 5.73 Å². The Labute approximate surface area is 114 Å². The summed E-state index contributed by atoms with van der Waals surface area (Å²) in [7, 11) is 0. The van der Waals surface area contributed by atoms with Gasteiger partial charge in [0, 0.05) is 10.9 Å². The van der Waals surface area contributed by atoms with Crippen molar-refractivity contribution in [1.82, 2.24) is 4.98 Å². The number of nitrogens with zero attached hydrogens (tertiary/aromatic N) is 1. The molecular formula is C12H12Cl2N2S. The maximum absolute atomic E-state index is 6.00. The second-order valence-electron chi connectivity index (χ2n) is 4.39. The fourth-order valence-electron chi connectivity index (χ4n) is 1.33. The molecule has 0 saturated heterocycles. The lowest BCUT2D eigenvalue weighted by atomic mass is 10.0. The van der Waals surface area contributed by atoms with Crippen molar-refractivity contribution in [3.8, 4) is 10.6 Å². The molecule has 0 aliphatic heterocycles. The number of thiazole rings is 1. The smallest absolute Gasteiger partial charge is 0.123 e. The molecule has 0 spiro atoms. The van der Waals surface area contributed by atoms with Crippen LogP contribution >= 0.6 is 34.5 Å². The predicted molar refractivity (Wildman–Crippen MR) is 74.8 cm³/mol. The van der Waals surface area contributed by atoms with Gasteiger partial charge in [0.1, 0.15) is 5.01 Å². The number of hydrogen-bond acceptors (Lipinski definition) is 3. The predicted octanol–water partition coefficient (Wildman–Crippen LogP) is 4.31. The van der Waals surface area contributed by atoms with Crippen LogP contribution in [0.2, 0.25) is 10.0 Å². The third kappa shape index (κ3) is 2.80. The topological polar surface area (TPSA) is 38.9 Å². The normalized spacial score (nSPS) is 11.8. The summed E-state index contributed by atoms with van der Waals surface area (Å²) in [5.41, 5.74) is 7.41. The number of halogens is 2. The highest BCUT2D eigenvalue weighted by Crippen LogP contribution is 2.31. The number of aromatic nitrogens is 1. The Morgan fingerprint density at radius 3 is 2.47 bits per heavy atom. The molecule has 0 unspecified atom stereocenters. The Bertz CT molecular complexity index is 544. The van der Waals surface area contributed by atoms with Gasteiger partial charge in [-0.2, -0.15) is 0 Å². The third-order valence-corrected chi connectivity index (χ3v) is 3.96. The minimum atomic E-state index is -0.426. The lowest BCUT2D eigenvalue weighted by Crippen LogP contribution is -2.28. The van der Waals surface area contributed by atoms with E-state index in [-0.39, 0.29) is 0 Å². The largest absolute Gasteiger partial charge is 0.321 e. The van der Waals surface area contributed by atoms with E-state index in [1.807, 2.05) is 31.4 Å². The van der Waals surface area contributed by atoms with Crippen LogP contribution in [0.5, 0.6) is 0 Å². The molecule has 0 atom stereocenters. The first-order valence-electron chi connectivity index (χ1n) is 5.08. The molecular weight excluding hydrogens is 275 g/mol. The summed E-state index contributed by atoms with van der Waals surface area (Å²) in [6.45, 7) is 3.86. The number of hydrogen-bond donors (Lipinski definition) is 1. The third-order valence-electron chi connectivity index (χ3n) is 2.33. The Hall–Kier alpha value is -0.610. The molecule has 2 aromatic rings. The highest BCUT2D eigenvalue weighted by atomic mass is 35.5. The second kappa shape index (κ2) is 4.58. The van der Waals surface area contributed by atoms with Crippen molar-refractivity contribution in [2.75, 3.05) is 0 Å². The van der Waals surface area contributed by atoms with Crippen molar-refractivity contribution >= 4 is 34.5 Å². The van der Waals surface area contributed by atoms with Gasteiger partial charge in [-0.1, -0.05) is 29.3 Å². The molecule has 2 rings (SSSR count). The van der Waals surface area contributed by atoms with E-state index in [4.69, 9.17) is 28.9 Å². The molecule has 0 radical (unpaired) electrons. The highest BCUT2D eigenvalue weighted by Gasteiger charge is 2.18. The van der Waals surface area contributed by atoms with E-state index in [0.29, 0.717) is 10.0 Å². The van der Waals surface area contributed by atoms with Gasteiger partial charge in [0.15, 0.2) is 0 Å². The van der Waals surface area contributed by atoms with Crippen LogP contribution in [0, 0.1) is 0 Å². The zero-order valence-corrected chi connectivity index (χ0v) is 11.8. The van der Waals surface area contributed by atoms with E-state index >= 15 is 0 Å². The Kier molecular flexibility index (Phi) is 3.46. The Morgan fingerprint density at radius 1 is 1.24 bits per heavy atom. The van der Waals surface area contributed by atoms with Crippen LogP contribution in [0.15, 0.2) is 23.6 Å². The van der Waals surface area contributed by atoms with Crippen LogP contribution in [0.4, 0.5) is 0 Å². The summed E-state index contributed by atoms with van der Waals surface area (Å²) in [5.74, 6) is 0. The zero-order valence-electron chi connectivity index (χ0n) is 9.50. The Balaban J connectivity index is 2.40. The van der Waals surface area contributed by atoms with Crippen LogP contribution in [0.1, 0.15) is 19.5 Å². The fraction of sp³-hybridized carbons (Fsp3) is 0.250. The van der Waals surface area contributed by atoms with E-state index in [1.165, 1.54) is 0 Å². The molecule has 5 heteroatoms. The van der Waals surface area contributed by atoms with Gasteiger partial charge in [0.2, 0.25) is 0 Å². The fourth-order valence-corrected chi connectivity index (χ4v) is 2.62.